The third-order valence-corrected chi connectivity index (χ3v) is 9.22. The molecule has 0 spiro atoms. The molecule has 6 atom stereocenters. The summed E-state index contributed by atoms with van der Waals surface area (Å²) in [6, 6.07) is 0. The maximum atomic E-state index is 13.2. The molecule has 4 aliphatic carbocycles. The van der Waals surface area contributed by atoms with Crippen LogP contribution in [0.2, 0.25) is 0 Å². The molecule has 0 aliphatic heterocycles. The van der Waals surface area contributed by atoms with Gasteiger partial charge in [-0.2, -0.15) is 5.21 Å². The van der Waals surface area contributed by atoms with Gasteiger partial charge < -0.3 is 5.32 Å². The molecule has 1 aromatic rings. The van der Waals surface area contributed by atoms with Crippen molar-refractivity contribution in [2.75, 3.05) is 0 Å². The molecule has 2 N–H and O–H groups in total. The monoisotopic (exact) mass is 423 g/mol. The van der Waals surface area contributed by atoms with Crippen LogP contribution in [0.4, 0.5) is 0 Å². The number of fused-ring (bicyclic) bond motifs is 5. The lowest BCUT2D eigenvalue weighted by Crippen LogP contribution is -2.52. The van der Waals surface area contributed by atoms with Gasteiger partial charge in [-0.25, -0.2) is 0 Å². The maximum absolute atomic E-state index is 13.2. The van der Waals surface area contributed by atoms with Crippen molar-refractivity contribution in [2.45, 2.75) is 85.1 Å². The zero-order valence-corrected chi connectivity index (χ0v) is 19.7. The van der Waals surface area contributed by atoms with Crippen molar-refractivity contribution < 1.29 is 4.79 Å². The van der Waals surface area contributed by atoms with Gasteiger partial charge in [-0.05, 0) is 105 Å². The van der Waals surface area contributed by atoms with Gasteiger partial charge in [0, 0.05) is 17.0 Å². The SMILES string of the molecule is CC(C)(C)NC(=O)[C@H]1CCC2C3CC=C4C=C(c5nn[nH]n5)CC[C@]4(C)C3CC[C@@]21C. The van der Waals surface area contributed by atoms with Crippen LogP contribution < -0.4 is 5.32 Å². The van der Waals surface area contributed by atoms with E-state index in [0.29, 0.717) is 17.8 Å². The number of aromatic amines is 1. The first-order valence-electron chi connectivity index (χ1n) is 12.1. The van der Waals surface area contributed by atoms with Gasteiger partial charge in [0.05, 0.1) is 0 Å². The third-order valence-electron chi connectivity index (χ3n) is 9.22. The van der Waals surface area contributed by atoms with Gasteiger partial charge in [0.25, 0.3) is 0 Å². The Bertz CT molecular complexity index is 926. The molecule has 2 saturated carbocycles. The molecule has 6 nitrogen and oxygen atoms in total. The van der Waals surface area contributed by atoms with E-state index in [0.717, 1.165) is 31.5 Å². The minimum atomic E-state index is -0.163. The van der Waals surface area contributed by atoms with Crippen molar-refractivity contribution in [3.63, 3.8) is 0 Å². The van der Waals surface area contributed by atoms with Crippen molar-refractivity contribution in [2.24, 2.45) is 34.5 Å². The first-order chi connectivity index (χ1) is 14.6. The summed E-state index contributed by atoms with van der Waals surface area (Å²) in [4.78, 5) is 13.2. The molecular weight excluding hydrogens is 386 g/mol. The number of tetrazole rings is 1. The second-order valence-electron chi connectivity index (χ2n) is 12.0. The van der Waals surface area contributed by atoms with E-state index in [9.17, 15) is 4.79 Å². The molecule has 1 amide bonds. The molecule has 0 saturated heterocycles. The summed E-state index contributed by atoms with van der Waals surface area (Å²) in [5.41, 5.74) is 2.88. The number of allylic oxidation sites excluding steroid dienone is 4. The number of aromatic nitrogens is 4. The smallest absolute Gasteiger partial charge is 0.224 e. The van der Waals surface area contributed by atoms with Crippen LogP contribution >= 0.6 is 0 Å². The molecular formula is C25H37N5O. The second kappa shape index (κ2) is 7.01. The van der Waals surface area contributed by atoms with Crippen LogP contribution in [-0.4, -0.2) is 32.1 Å². The lowest BCUT2D eigenvalue weighted by molar-refractivity contribution is -0.133. The van der Waals surface area contributed by atoms with Crippen molar-refractivity contribution in [1.29, 1.82) is 0 Å². The lowest BCUT2D eigenvalue weighted by atomic mass is 9.48. The summed E-state index contributed by atoms with van der Waals surface area (Å²) in [7, 11) is 0. The fourth-order valence-corrected chi connectivity index (χ4v) is 7.69. The standard InChI is InChI=1S/C25H37N5O/c1-23(2,3)26-22(31)20-9-8-18-17-7-6-16-14-15(21-27-29-30-28-21)10-12-24(16,4)19(17)11-13-25(18,20)5/h6,14,17-20H,7-13H2,1-5H3,(H,26,31)(H,27,28,29,30)/t17?,18?,19?,20-,24+,25+/m1/s1. The van der Waals surface area contributed by atoms with E-state index in [2.05, 4.69) is 72.7 Å². The van der Waals surface area contributed by atoms with Gasteiger partial charge in [-0.15, -0.1) is 10.2 Å². The lowest BCUT2D eigenvalue weighted by Gasteiger charge is -2.57. The highest BCUT2D eigenvalue weighted by atomic mass is 16.2. The van der Waals surface area contributed by atoms with Crippen molar-refractivity contribution >= 4 is 11.5 Å². The predicted molar refractivity (Wildman–Crippen MR) is 121 cm³/mol. The van der Waals surface area contributed by atoms with Crippen LogP contribution in [0, 0.1) is 34.5 Å². The Kier molecular flexibility index (Phi) is 4.73. The molecule has 1 aromatic heterocycles. The number of amides is 1. The van der Waals surface area contributed by atoms with E-state index >= 15 is 0 Å². The minimum absolute atomic E-state index is 0.137. The van der Waals surface area contributed by atoms with Gasteiger partial charge in [-0.1, -0.05) is 26.0 Å². The Morgan fingerprint density at radius 2 is 1.97 bits per heavy atom. The summed E-state index contributed by atoms with van der Waals surface area (Å²) in [5, 5.41) is 18.0. The number of rotatable bonds is 2. The van der Waals surface area contributed by atoms with Crippen LogP contribution in [-0.2, 0) is 4.79 Å². The average Bonchev–Trinajstić information content (AvgIpc) is 3.33. The molecule has 0 radical (unpaired) electrons. The van der Waals surface area contributed by atoms with E-state index in [4.69, 9.17) is 0 Å². The second-order valence-corrected chi connectivity index (χ2v) is 12.0. The molecule has 31 heavy (non-hydrogen) atoms. The fourth-order valence-electron chi connectivity index (χ4n) is 7.69. The molecule has 3 unspecified atom stereocenters. The van der Waals surface area contributed by atoms with Crippen LogP contribution in [0.25, 0.3) is 5.57 Å². The molecule has 0 aromatic carbocycles. The zero-order valence-electron chi connectivity index (χ0n) is 19.7. The molecule has 1 heterocycles. The van der Waals surface area contributed by atoms with E-state index in [-0.39, 0.29) is 28.2 Å². The molecule has 5 rings (SSSR count). The number of carbonyl (C=O) groups excluding carboxylic acids is 1. The molecule has 0 bridgehead atoms. The Labute approximate surface area is 185 Å². The van der Waals surface area contributed by atoms with Crippen LogP contribution in [0.3, 0.4) is 0 Å². The van der Waals surface area contributed by atoms with Gasteiger partial charge in [0.15, 0.2) is 0 Å². The summed E-state index contributed by atoms with van der Waals surface area (Å²) in [5.74, 6) is 3.23. The Hall–Kier alpha value is -1.98. The van der Waals surface area contributed by atoms with E-state index < -0.39 is 0 Å². The van der Waals surface area contributed by atoms with Crippen LogP contribution in [0.15, 0.2) is 17.7 Å². The summed E-state index contributed by atoms with van der Waals surface area (Å²) >= 11 is 0. The first kappa shape index (κ1) is 20.9. The molecule has 6 heteroatoms. The number of carbonyl (C=O) groups is 1. The van der Waals surface area contributed by atoms with Crippen LogP contribution in [0.1, 0.15) is 85.4 Å². The number of nitrogens with one attached hydrogen (secondary N) is 2. The summed E-state index contributed by atoms with van der Waals surface area (Å²) < 4.78 is 0. The van der Waals surface area contributed by atoms with E-state index in [1.807, 2.05) is 0 Å². The Morgan fingerprint density at radius 3 is 2.68 bits per heavy atom. The number of hydrogen-bond acceptors (Lipinski definition) is 4. The summed E-state index contributed by atoms with van der Waals surface area (Å²) in [6.45, 7) is 11.2. The topological polar surface area (TPSA) is 83.6 Å². The zero-order chi connectivity index (χ0) is 22.0. The van der Waals surface area contributed by atoms with Gasteiger partial charge in [0.2, 0.25) is 11.7 Å². The Morgan fingerprint density at radius 1 is 1.16 bits per heavy atom. The van der Waals surface area contributed by atoms with Gasteiger partial charge in [-0.3, -0.25) is 4.79 Å². The maximum Gasteiger partial charge on any atom is 0.224 e. The minimum Gasteiger partial charge on any atom is -0.351 e. The van der Waals surface area contributed by atoms with E-state index in [1.54, 1.807) is 0 Å². The van der Waals surface area contributed by atoms with Gasteiger partial charge in [0.1, 0.15) is 0 Å². The Balaban J connectivity index is 1.41. The first-order valence-corrected chi connectivity index (χ1v) is 12.1. The summed E-state index contributed by atoms with van der Waals surface area (Å²) in [6.07, 6.45) is 12.8. The third kappa shape index (κ3) is 3.28. The normalized spacial score (nSPS) is 39.6. The average molecular weight is 424 g/mol. The van der Waals surface area contributed by atoms with E-state index in [1.165, 1.54) is 30.4 Å². The molecule has 168 valence electrons. The number of hydrogen-bond donors (Lipinski definition) is 2. The fraction of sp³-hybridized carbons (Fsp3) is 0.760. The van der Waals surface area contributed by atoms with Gasteiger partial charge >= 0.3 is 0 Å². The number of H-pyrrole nitrogens is 1. The molecule has 2 fully saturated rings. The van der Waals surface area contributed by atoms with Crippen molar-refractivity contribution in [3.8, 4) is 0 Å². The van der Waals surface area contributed by atoms with Crippen LogP contribution in [0.5, 0.6) is 0 Å². The number of nitrogens with zero attached hydrogens (tertiary/aromatic N) is 3. The van der Waals surface area contributed by atoms with Crippen molar-refractivity contribution in [1.82, 2.24) is 25.9 Å². The van der Waals surface area contributed by atoms with Crippen molar-refractivity contribution in [3.05, 3.63) is 23.5 Å². The molecule has 4 aliphatic rings. The largest absolute Gasteiger partial charge is 0.351 e. The highest BCUT2D eigenvalue weighted by Crippen LogP contribution is 2.66. The quantitative estimate of drug-likeness (QED) is 0.723. The highest BCUT2D eigenvalue weighted by Gasteiger charge is 2.59. The highest BCUT2D eigenvalue weighted by molar-refractivity contribution is 5.80. The predicted octanol–water partition coefficient (Wildman–Crippen LogP) is 4.69.